The lowest BCUT2D eigenvalue weighted by molar-refractivity contribution is -0.157. The third kappa shape index (κ3) is 3.92. The van der Waals surface area contributed by atoms with E-state index in [-0.39, 0.29) is 24.4 Å². The van der Waals surface area contributed by atoms with Crippen LogP contribution in [0.3, 0.4) is 0 Å². The van der Waals surface area contributed by atoms with E-state index in [9.17, 15) is 18.0 Å². The number of piperidine rings is 1. The Kier molecular flexibility index (Phi) is 4.26. The number of amides is 1. The Bertz CT molecular complexity index is 474. The molecule has 1 amide bonds. The summed E-state index contributed by atoms with van der Waals surface area (Å²) in [6, 6.07) is 0.00579. The van der Waals surface area contributed by atoms with Gasteiger partial charge in [-0.05, 0) is 19.4 Å². The van der Waals surface area contributed by atoms with Gasteiger partial charge in [-0.1, -0.05) is 0 Å². The van der Waals surface area contributed by atoms with Crippen LogP contribution in [0.25, 0.3) is 0 Å². The first-order chi connectivity index (χ1) is 9.34. The average molecular weight is 292 g/mol. The maximum absolute atomic E-state index is 12.3. The van der Waals surface area contributed by atoms with E-state index in [2.05, 4.69) is 19.9 Å². The third-order valence-electron chi connectivity index (χ3n) is 2.98. The van der Waals surface area contributed by atoms with Gasteiger partial charge >= 0.3 is 12.1 Å². The summed E-state index contributed by atoms with van der Waals surface area (Å²) in [6.07, 6.45) is -2.91. The van der Waals surface area contributed by atoms with E-state index in [4.69, 9.17) is 0 Å². The highest BCUT2D eigenvalue weighted by atomic mass is 19.4. The normalized spacial score (nSPS) is 20.9. The van der Waals surface area contributed by atoms with Crippen molar-refractivity contribution >= 4 is 5.91 Å². The van der Waals surface area contributed by atoms with E-state index in [0.717, 1.165) is 19.4 Å². The lowest BCUT2D eigenvalue weighted by atomic mass is 10.1. The zero-order chi connectivity index (χ0) is 14.8. The molecule has 0 spiro atoms. The summed E-state index contributed by atoms with van der Waals surface area (Å²) in [5, 5.41) is 9.18. The number of hydrogen-bond acceptors (Lipinski definition) is 5. The Balaban J connectivity index is 1.92. The summed E-state index contributed by atoms with van der Waals surface area (Å²) in [6.45, 7) is 2.87. The molecule has 1 saturated heterocycles. The van der Waals surface area contributed by atoms with E-state index in [0.29, 0.717) is 6.54 Å². The Morgan fingerprint density at radius 2 is 2.25 bits per heavy atom. The van der Waals surface area contributed by atoms with Crippen molar-refractivity contribution in [1.82, 2.24) is 20.4 Å². The van der Waals surface area contributed by atoms with Crippen molar-refractivity contribution in [3.63, 3.8) is 0 Å². The van der Waals surface area contributed by atoms with Crippen LogP contribution in [0, 0.1) is 0 Å². The first kappa shape index (κ1) is 14.8. The molecule has 1 atom stereocenters. The number of carbonyl (C=O) groups excluding carboxylic acids is 1. The maximum Gasteiger partial charge on any atom is 0.470 e. The molecule has 1 fully saturated rings. The predicted molar refractivity (Wildman–Crippen MR) is 61.4 cm³/mol. The molecular weight excluding hydrogens is 277 g/mol. The lowest BCUT2D eigenvalue weighted by Crippen LogP contribution is -2.46. The molecule has 0 bridgehead atoms. The van der Waals surface area contributed by atoms with E-state index in [1.165, 1.54) is 6.92 Å². The fourth-order valence-corrected chi connectivity index (χ4v) is 2.23. The Labute approximate surface area is 113 Å². The van der Waals surface area contributed by atoms with E-state index >= 15 is 0 Å². The van der Waals surface area contributed by atoms with Crippen LogP contribution in [0.15, 0.2) is 4.42 Å². The molecule has 9 heteroatoms. The SMILES string of the molecule is CC(=O)NC1CCCN(Cc2nnc(C(F)(F)F)o2)C1. The second kappa shape index (κ2) is 5.78. The van der Waals surface area contributed by atoms with Crippen molar-refractivity contribution < 1.29 is 22.4 Å². The zero-order valence-electron chi connectivity index (χ0n) is 10.9. The van der Waals surface area contributed by atoms with Crippen LogP contribution in [-0.2, 0) is 17.5 Å². The number of aromatic nitrogens is 2. The number of alkyl halides is 3. The van der Waals surface area contributed by atoms with Gasteiger partial charge in [0.25, 0.3) is 0 Å². The minimum absolute atomic E-state index is 0.00579. The minimum atomic E-state index is -4.62. The topological polar surface area (TPSA) is 71.3 Å². The van der Waals surface area contributed by atoms with Gasteiger partial charge in [0.1, 0.15) is 0 Å². The lowest BCUT2D eigenvalue weighted by Gasteiger charge is -2.31. The molecule has 0 aliphatic carbocycles. The molecule has 2 heterocycles. The highest BCUT2D eigenvalue weighted by Gasteiger charge is 2.38. The molecule has 112 valence electrons. The fraction of sp³-hybridized carbons (Fsp3) is 0.727. The van der Waals surface area contributed by atoms with Gasteiger partial charge in [-0.2, -0.15) is 13.2 Å². The highest BCUT2D eigenvalue weighted by molar-refractivity contribution is 5.73. The van der Waals surface area contributed by atoms with Crippen LogP contribution >= 0.6 is 0 Å². The van der Waals surface area contributed by atoms with Gasteiger partial charge in [0.2, 0.25) is 11.8 Å². The fourth-order valence-electron chi connectivity index (χ4n) is 2.23. The van der Waals surface area contributed by atoms with Crippen molar-refractivity contribution in [2.45, 2.75) is 38.5 Å². The number of halogens is 3. The molecule has 1 aliphatic heterocycles. The molecule has 1 unspecified atom stereocenters. The number of carbonyl (C=O) groups is 1. The van der Waals surface area contributed by atoms with Crippen molar-refractivity contribution in [2.24, 2.45) is 0 Å². The van der Waals surface area contributed by atoms with Crippen LogP contribution in [0.4, 0.5) is 13.2 Å². The second-order valence-electron chi connectivity index (χ2n) is 4.77. The van der Waals surface area contributed by atoms with E-state index in [1.54, 1.807) is 0 Å². The molecular formula is C11H15F3N4O2. The smallest absolute Gasteiger partial charge is 0.416 e. The van der Waals surface area contributed by atoms with Gasteiger partial charge in [0.15, 0.2) is 0 Å². The molecule has 0 radical (unpaired) electrons. The second-order valence-corrected chi connectivity index (χ2v) is 4.77. The molecule has 6 nitrogen and oxygen atoms in total. The molecule has 1 N–H and O–H groups in total. The molecule has 1 aromatic heterocycles. The molecule has 2 rings (SSSR count). The van der Waals surface area contributed by atoms with Gasteiger partial charge in [-0.15, -0.1) is 10.2 Å². The maximum atomic E-state index is 12.3. The zero-order valence-corrected chi connectivity index (χ0v) is 10.9. The van der Waals surface area contributed by atoms with Gasteiger partial charge in [0.05, 0.1) is 6.54 Å². The molecule has 1 aromatic rings. The van der Waals surface area contributed by atoms with Crippen LogP contribution < -0.4 is 5.32 Å². The Morgan fingerprint density at radius 1 is 1.50 bits per heavy atom. The molecule has 1 aliphatic rings. The summed E-state index contributed by atoms with van der Waals surface area (Å²) in [5.41, 5.74) is 0. The van der Waals surface area contributed by atoms with Crippen molar-refractivity contribution in [3.05, 3.63) is 11.8 Å². The average Bonchev–Trinajstić information content (AvgIpc) is 2.76. The van der Waals surface area contributed by atoms with Gasteiger partial charge in [-0.25, -0.2) is 0 Å². The number of nitrogens with zero attached hydrogens (tertiary/aromatic N) is 3. The summed E-state index contributed by atoms with van der Waals surface area (Å²) in [4.78, 5) is 12.9. The first-order valence-corrected chi connectivity index (χ1v) is 6.23. The van der Waals surface area contributed by atoms with Crippen molar-refractivity contribution in [1.29, 1.82) is 0 Å². The monoisotopic (exact) mass is 292 g/mol. The summed E-state index contributed by atoms with van der Waals surface area (Å²) < 4.78 is 41.6. The third-order valence-corrected chi connectivity index (χ3v) is 2.98. The minimum Gasteiger partial charge on any atom is -0.416 e. The molecule has 0 saturated carbocycles. The summed E-state index contributed by atoms with van der Waals surface area (Å²) in [5.74, 6) is -1.52. The van der Waals surface area contributed by atoms with Crippen molar-refractivity contribution in [3.8, 4) is 0 Å². The van der Waals surface area contributed by atoms with E-state index in [1.807, 2.05) is 4.90 Å². The van der Waals surface area contributed by atoms with E-state index < -0.39 is 12.1 Å². The summed E-state index contributed by atoms with van der Waals surface area (Å²) in [7, 11) is 0. The number of rotatable bonds is 3. The number of hydrogen-bond donors (Lipinski definition) is 1. The Hall–Kier alpha value is -1.64. The van der Waals surface area contributed by atoms with Crippen molar-refractivity contribution in [2.75, 3.05) is 13.1 Å². The van der Waals surface area contributed by atoms with Gasteiger partial charge in [-0.3, -0.25) is 9.69 Å². The number of nitrogens with one attached hydrogen (secondary N) is 1. The largest absolute Gasteiger partial charge is 0.470 e. The molecule has 20 heavy (non-hydrogen) atoms. The molecule has 0 aromatic carbocycles. The quantitative estimate of drug-likeness (QED) is 0.906. The first-order valence-electron chi connectivity index (χ1n) is 6.23. The highest BCUT2D eigenvalue weighted by Crippen LogP contribution is 2.28. The van der Waals surface area contributed by atoms with Crippen LogP contribution in [0.5, 0.6) is 0 Å². The Morgan fingerprint density at radius 3 is 2.85 bits per heavy atom. The number of likely N-dealkylation sites (tertiary alicyclic amines) is 1. The predicted octanol–water partition coefficient (Wildman–Crippen LogP) is 1.19. The van der Waals surface area contributed by atoms with Gasteiger partial charge in [0, 0.05) is 19.5 Å². The van der Waals surface area contributed by atoms with Crippen LogP contribution in [0.2, 0.25) is 0 Å². The van der Waals surface area contributed by atoms with Crippen LogP contribution in [-0.4, -0.2) is 40.1 Å². The standard InChI is InChI=1S/C11H15F3N4O2/c1-7(19)15-8-3-2-4-18(5-8)6-9-16-17-10(20-9)11(12,13)14/h8H,2-6H2,1H3,(H,15,19). The summed E-state index contributed by atoms with van der Waals surface area (Å²) >= 11 is 0. The van der Waals surface area contributed by atoms with Gasteiger partial charge < -0.3 is 9.73 Å². The van der Waals surface area contributed by atoms with Crippen LogP contribution in [0.1, 0.15) is 31.5 Å².